The lowest BCUT2D eigenvalue weighted by molar-refractivity contribution is -0.385. The number of hydrogen-bond acceptors (Lipinski definition) is 4. The van der Waals surface area contributed by atoms with E-state index in [-0.39, 0.29) is 23.7 Å². The highest BCUT2D eigenvalue weighted by atomic mass is 19.1. The molecule has 98 valence electrons. The highest BCUT2D eigenvalue weighted by molar-refractivity contribution is 5.98. The van der Waals surface area contributed by atoms with Crippen LogP contribution in [0.15, 0.2) is 12.1 Å². The molecule has 0 aliphatic rings. The lowest BCUT2D eigenvalue weighted by Gasteiger charge is -2.12. The molecule has 1 rings (SSSR count). The third-order valence-corrected chi connectivity index (χ3v) is 2.42. The van der Waals surface area contributed by atoms with Crippen molar-refractivity contribution in [2.75, 3.05) is 6.54 Å². The van der Waals surface area contributed by atoms with Crippen LogP contribution < -0.4 is 11.1 Å². The first-order chi connectivity index (χ1) is 8.36. The molecule has 3 N–H and O–H groups in total. The van der Waals surface area contributed by atoms with Crippen molar-refractivity contribution in [3.8, 4) is 0 Å². The van der Waals surface area contributed by atoms with Crippen LogP contribution in [-0.2, 0) is 0 Å². The maximum Gasteiger partial charge on any atom is 0.285 e. The van der Waals surface area contributed by atoms with Crippen molar-refractivity contribution in [3.63, 3.8) is 0 Å². The smallest absolute Gasteiger partial charge is 0.285 e. The topological polar surface area (TPSA) is 98.3 Å². The average molecular weight is 255 g/mol. The van der Waals surface area contributed by atoms with E-state index < -0.39 is 22.3 Å². The summed E-state index contributed by atoms with van der Waals surface area (Å²) >= 11 is 0. The molecule has 1 atom stereocenters. The number of halogens is 1. The molecule has 0 saturated carbocycles. The van der Waals surface area contributed by atoms with Crippen molar-refractivity contribution >= 4 is 11.6 Å². The number of carbonyl (C=O) groups is 1. The van der Waals surface area contributed by atoms with Crippen molar-refractivity contribution < 1.29 is 14.1 Å². The fraction of sp³-hybridized carbons (Fsp3) is 0.364. The number of rotatable bonds is 4. The quantitative estimate of drug-likeness (QED) is 0.622. The van der Waals surface area contributed by atoms with Gasteiger partial charge in [-0.25, -0.2) is 4.39 Å². The van der Waals surface area contributed by atoms with Gasteiger partial charge in [-0.05, 0) is 26.0 Å². The number of hydrogen-bond donors (Lipinski definition) is 2. The fourth-order valence-electron chi connectivity index (χ4n) is 1.51. The van der Waals surface area contributed by atoms with E-state index in [9.17, 15) is 19.3 Å². The van der Waals surface area contributed by atoms with E-state index in [2.05, 4.69) is 5.32 Å². The maximum atomic E-state index is 13.2. The van der Waals surface area contributed by atoms with Crippen LogP contribution in [-0.4, -0.2) is 23.4 Å². The van der Waals surface area contributed by atoms with Crippen molar-refractivity contribution in [2.45, 2.75) is 19.9 Å². The van der Waals surface area contributed by atoms with Gasteiger partial charge in [0.2, 0.25) is 0 Å². The summed E-state index contributed by atoms with van der Waals surface area (Å²) in [6, 6.07) is 1.52. The molecule has 0 aliphatic heterocycles. The molecule has 0 radical (unpaired) electrons. The SMILES string of the molecule is Cc1cc(F)cc(C(=O)N[C@@H](C)CN)c1[N+](=O)[O-]. The molecule has 1 aromatic carbocycles. The van der Waals surface area contributed by atoms with Crippen LogP contribution in [0.4, 0.5) is 10.1 Å². The van der Waals surface area contributed by atoms with Gasteiger partial charge in [-0.2, -0.15) is 0 Å². The molecule has 0 unspecified atom stereocenters. The number of nitrogens with one attached hydrogen (secondary N) is 1. The minimum Gasteiger partial charge on any atom is -0.348 e. The van der Waals surface area contributed by atoms with Crippen LogP contribution in [0.25, 0.3) is 0 Å². The summed E-state index contributed by atoms with van der Waals surface area (Å²) in [5, 5.41) is 13.4. The second kappa shape index (κ2) is 5.54. The van der Waals surface area contributed by atoms with Crippen LogP contribution in [0, 0.1) is 22.9 Å². The Hall–Kier alpha value is -2.02. The summed E-state index contributed by atoms with van der Waals surface area (Å²) < 4.78 is 13.2. The molecular formula is C11H14FN3O3. The molecule has 0 spiro atoms. The third-order valence-electron chi connectivity index (χ3n) is 2.42. The highest BCUT2D eigenvalue weighted by Crippen LogP contribution is 2.24. The van der Waals surface area contributed by atoms with Gasteiger partial charge >= 0.3 is 0 Å². The molecule has 0 aromatic heterocycles. The van der Waals surface area contributed by atoms with E-state index in [1.165, 1.54) is 6.92 Å². The Balaban J connectivity index is 3.22. The molecule has 1 aromatic rings. The summed E-state index contributed by atoms with van der Waals surface area (Å²) in [5.74, 6) is -1.40. The molecule has 7 heteroatoms. The largest absolute Gasteiger partial charge is 0.348 e. The Morgan fingerprint density at radius 2 is 2.22 bits per heavy atom. The van der Waals surface area contributed by atoms with E-state index in [4.69, 9.17) is 5.73 Å². The zero-order valence-electron chi connectivity index (χ0n) is 10.1. The number of amides is 1. The summed E-state index contributed by atoms with van der Waals surface area (Å²) in [6.45, 7) is 3.22. The molecular weight excluding hydrogens is 241 g/mol. The standard InChI is InChI=1S/C11H14FN3O3/c1-6-3-8(12)4-9(10(6)15(17)18)11(16)14-7(2)5-13/h3-4,7H,5,13H2,1-2H3,(H,14,16)/t7-/m0/s1. The van der Waals surface area contributed by atoms with Gasteiger partial charge < -0.3 is 11.1 Å². The second-order valence-corrected chi connectivity index (χ2v) is 3.99. The molecule has 0 saturated heterocycles. The number of nitro benzene ring substituents is 1. The Kier molecular flexibility index (Phi) is 4.33. The molecule has 6 nitrogen and oxygen atoms in total. The maximum absolute atomic E-state index is 13.2. The van der Waals surface area contributed by atoms with E-state index in [1.807, 2.05) is 0 Å². The third kappa shape index (κ3) is 3.01. The number of carbonyl (C=O) groups excluding carboxylic acids is 1. The lowest BCUT2D eigenvalue weighted by atomic mass is 10.1. The zero-order valence-corrected chi connectivity index (χ0v) is 10.1. The van der Waals surface area contributed by atoms with E-state index >= 15 is 0 Å². The molecule has 18 heavy (non-hydrogen) atoms. The number of nitro groups is 1. The summed E-state index contributed by atoms with van der Waals surface area (Å²) in [5.41, 5.74) is 4.75. The predicted octanol–water partition coefficient (Wildman–Crippen LogP) is 1.12. The van der Waals surface area contributed by atoms with E-state index in [1.54, 1.807) is 6.92 Å². The molecule has 0 fully saturated rings. The number of nitrogens with two attached hydrogens (primary N) is 1. The van der Waals surface area contributed by atoms with Crippen molar-refractivity contribution in [3.05, 3.63) is 39.2 Å². The van der Waals surface area contributed by atoms with Crippen LogP contribution >= 0.6 is 0 Å². The summed E-state index contributed by atoms with van der Waals surface area (Å²) in [6.07, 6.45) is 0. The first-order valence-electron chi connectivity index (χ1n) is 5.32. The van der Waals surface area contributed by atoms with Crippen molar-refractivity contribution in [1.82, 2.24) is 5.32 Å². The summed E-state index contributed by atoms with van der Waals surface area (Å²) in [7, 11) is 0. The molecule has 0 bridgehead atoms. The summed E-state index contributed by atoms with van der Waals surface area (Å²) in [4.78, 5) is 22.0. The Morgan fingerprint density at radius 1 is 1.61 bits per heavy atom. The molecule has 0 heterocycles. The van der Waals surface area contributed by atoms with Crippen LogP contribution in [0.3, 0.4) is 0 Å². The van der Waals surface area contributed by atoms with Gasteiger partial charge in [-0.1, -0.05) is 0 Å². The Morgan fingerprint density at radius 3 is 2.72 bits per heavy atom. The zero-order chi connectivity index (χ0) is 13.9. The van der Waals surface area contributed by atoms with Crippen molar-refractivity contribution in [2.24, 2.45) is 5.73 Å². The van der Waals surface area contributed by atoms with Gasteiger partial charge in [-0.3, -0.25) is 14.9 Å². The average Bonchev–Trinajstić information content (AvgIpc) is 2.26. The number of nitrogens with zero attached hydrogens (tertiary/aromatic N) is 1. The molecule has 0 aliphatic carbocycles. The second-order valence-electron chi connectivity index (χ2n) is 3.99. The van der Waals surface area contributed by atoms with Crippen LogP contribution in [0.2, 0.25) is 0 Å². The highest BCUT2D eigenvalue weighted by Gasteiger charge is 2.24. The first kappa shape index (κ1) is 14.0. The fourth-order valence-corrected chi connectivity index (χ4v) is 1.51. The normalized spacial score (nSPS) is 12.0. The van der Waals surface area contributed by atoms with Gasteiger partial charge in [0.15, 0.2) is 0 Å². The number of aryl methyl sites for hydroxylation is 1. The van der Waals surface area contributed by atoms with E-state index in [0.717, 1.165) is 12.1 Å². The Bertz CT molecular complexity index is 491. The van der Waals surface area contributed by atoms with Gasteiger partial charge in [0.05, 0.1) is 4.92 Å². The van der Waals surface area contributed by atoms with Gasteiger partial charge in [0, 0.05) is 18.2 Å². The van der Waals surface area contributed by atoms with E-state index in [0.29, 0.717) is 0 Å². The van der Waals surface area contributed by atoms with Gasteiger partial charge in [0.25, 0.3) is 11.6 Å². The lowest BCUT2D eigenvalue weighted by Crippen LogP contribution is -2.38. The first-order valence-corrected chi connectivity index (χ1v) is 5.32. The predicted molar refractivity (Wildman–Crippen MR) is 63.8 cm³/mol. The van der Waals surface area contributed by atoms with Crippen LogP contribution in [0.5, 0.6) is 0 Å². The monoisotopic (exact) mass is 255 g/mol. The minimum atomic E-state index is -0.706. The van der Waals surface area contributed by atoms with Crippen molar-refractivity contribution in [1.29, 1.82) is 0 Å². The van der Waals surface area contributed by atoms with Crippen LogP contribution in [0.1, 0.15) is 22.8 Å². The molecule has 1 amide bonds. The van der Waals surface area contributed by atoms with Gasteiger partial charge in [-0.15, -0.1) is 0 Å². The minimum absolute atomic E-state index is 0.102. The Labute approximate surface area is 103 Å². The van der Waals surface area contributed by atoms with Gasteiger partial charge in [0.1, 0.15) is 11.4 Å². The number of benzene rings is 1.